The Morgan fingerprint density at radius 1 is 1.00 bits per heavy atom. The number of nitro benzene ring substituents is 1. The van der Waals surface area contributed by atoms with E-state index in [1.807, 2.05) is 44.2 Å². The summed E-state index contributed by atoms with van der Waals surface area (Å²) in [7, 11) is 0. The lowest BCUT2D eigenvalue weighted by molar-refractivity contribution is -0.384. The molecule has 3 amide bonds. The molecule has 10 nitrogen and oxygen atoms in total. The average Bonchev–Trinajstić information content (AvgIpc) is 3.32. The van der Waals surface area contributed by atoms with Gasteiger partial charge in [0.15, 0.2) is 0 Å². The average molecular weight is 531 g/mol. The van der Waals surface area contributed by atoms with E-state index in [0.717, 1.165) is 5.56 Å². The Labute approximate surface area is 224 Å². The summed E-state index contributed by atoms with van der Waals surface area (Å²) in [5.41, 5.74) is 2.24. The zero-order chi connectivity index (χ0) is 27.9. The van der Waals surface area contributed by atoms with Gasteiger partial charge in [0.25, 0.3) is 5.69 Å². The third-order valence-electron chi connectivity index (χ3n) is 5.65. The third kappa shape index (κ3) is 7.04. The van der Waals surface area contributed by atoms with Gasteiger partial charge in [0.2, 0.25) is 5.91 Å². The minimum Gasteiger partial charge on any atom is -0.315 e. The van der Waals surface area contributed by atoms with Gasteiger partial charge in [-0.3, -0.25) is 14.9 Å². The van der Waals surface area contributed by atoms with Crippen LogP contribution in [0.4, 0.5) is 26.4 Å². The molecule has 0 bridgehead atoms. The first-order chi connectivity index (χ1) is 18.7. The van der Waals surface area contributed by atoms with E-state index in [0.29, 0.717) is 29.4 Å². The van der Waals surface area contributed by atoms with Crippen molar-refractivity contribution in [3.05, 3.63) is 101 Å². The van der Waals surface area contributed by atoms with E-state index in [9.17, 15) is 24.1 Å². The predicted molar refractivity (Wildman–Crippen MR) is 146 cm³/mol. The number of aromatic nitrogens is 2. The first-order valence-corrected chi connectivity index (χ1v) is 12.2. The molecule has 4 aromatic rings. The minimum atomic E-state index is -0.527. The third-order valence-corrected chi connectivity index (χ3v) is 5.65. The van der Waals surface area contributed by atoms with Crippen LogP contribution in [0.15, 0.2) is 84.9 Å². The molecule has 39 heavy (non-hydrogen) atoms. The van der Waals surface area contributed by atoms with Gasteiger partial charge >= 0.3 is 6.03 Å². The molecular formula is C28H27FN6O4. The van der Waals surface area contributed by atoms with Crippen LogP contribution in [0.5, 0.6) is 0 Å². The highest BCUT2D eigenvalue weighted by molar-refractivity contribution is 5.97. The van der Waals surface area contributed by atoms with E-state index in [-0.39, 0.29) is 18.2 Å². The summed E-state index contributed by atoms with van der Waals surface area (Å²) in [6, 6.07) is 21.7. The zero-order valence-electron chi connectivity index (χ0n) is 21.4. The smallest absolute Gasteiger partial charge is 0.315 e. The van der Waals surface area contributed by atoms with Crippen molar-refractivity contribution in [1.82, 2.24) is 14.7 Å². The lowest BCUT2D eigenvalue weighted by Crippen LogP contribution is -2.42. The Bertz CT molecular complexity index is 1450. The van der Waals surface area contributed by atoms with Gasteiger partial charge in [-0.15, -0.1) is 0 Å². The maximum absolute atomic E-state index is 13.5. The molecule has 200 valence electrons. The molecule has 0 unspecified atom stereocenters. The number of carbonyl (C=O) groups excluding carboxylic acids is 2. The van der Waals surface area contributed by atoms with Gasteiger partial charge in [0.1, 0.15) is 18.2 Å². The minimum absolute atomic E-state index is 0.0647. The maximum Gasteiger partial charge on any atom is 0.322 e. The van der Waals surface area contributed by atoms with Crippen LogP contribution in [0, 0.1) is 21.8 Å². The molecule has 0 aliphatic rings. The lowest BCUT2D eigenvalue weighted by atomic mass is 10.1. The molecule has 0 saturated carbocycles. The number of amides is 3. The van der Waals surface area contributed by atoms with E-state index in [4.69, 9.17) is 0 Å². The van der Waals surface area contributed by atoms with E-state index < -0.39 is 22.7 Å². The van der Waals surface area contributed by atoms with Crippen LogP contribution in [-0.2, 0) is 4.79 Å². The predicted octanol–water partition coefficient (Wildman–Crippen LogP) is 5.72. The highest BCUT2D eigenvalue weighted by atomic mass is 19.1. The molecule has 3 aromatic carbocycles. The number of benzene rings is 3. The first kappa shape index (κ1) is 27.0. The quantitative estimate of drug-likeness (QED) is 0.212. The summed E-state index contributed by atoms with van der Waals surface area (Å²) in [5, 5.41) is 21.0. The molecule has 0 spiro atoms. The van der Waals surface area contributed by atoms with Crippen LogP contribution in [0.1, 0.15) is 13.8 Å². The molecule has 0 radical (unpaired) electrons. The van der Waals surface area contributed by atoms with Crippen molar-refractivity contribution in [2.24, 2.45) is 5.92 Å². The van der Waals surface area contributed by atoms with Crippen LogP contribution in [0.25, 0.3) is 16.9 Å². The van der Waals surface area contributed by atoms with E-state index in [2.05, 4.69) is 15.7 Å². The molecule has 1 heterocycles. The fraction of sp³-hybridized carbons (Fsp3) is 0.179. The Morgan fingerprint density at radius 2 is 1.67 bits per heavy atom. The molecule has 0 atom stereocenters. The Kier molecular flexibility index (Phi) is 8.30. The summed E-state index contributed by atoms with van der Waals surface area (Å²) in [6.45, 7) is 3.87. The van der Waals surface area contributed by atoms with Crippen LogP contribution in [0.2, 0.25) is 0 Å². The fourth-order valence-electron chi connectivity index (χ4n) is 3.88. The van der Waals surface area contributed by atoms with E-state index >= 15 is 0 Å². The number of nitrogens with one attached hydrogen (secondary N) is 2. The van der Waals surface area contributed by atoms with Gasteiger partial charge < -0.3 is 15.5 Å². The fourth-order valence-corrected chi connectivity index (χ4v) is 3.88. The second-order valence-electron chi connectivity index (χ2n) is 9.23. The van der Waals surface area contributed by atoms with Gasteiger partial charge in [-0.25, -0.2) is 13.9 Å². The molecule has 0 aliphatic heterocycles. The monoisotopic (exact) mass is 530 g/mol. The standard InChI is InChI=1S/C28H27FN6O4/c1-19(2)17-33(28(37)30-22-10-14-24(15-11-22)35(38)39)18-27(36)31-26-16-25(20-6-4-3-5-7-20)32-34(26)23-12-8-21(29)9-13-23/h3-16,19H,17-18H2,1-2H3,(H,30,37)(H,31,36). The van der Waals surface area contributed by atoms with Crippen LogP contribution in [-0.4, -0.2) is 44.6 Å². The number of hydrogen-bond acceptors (Lipinski definition) is 5. The van der Waals surface area contributed by atoms with Crippen molar-refractivity contribution in [3.63, 3.8) is 0 Å². The van der Waals surface area contributed by atoms with Crippen molar-refractivity contribution in [2.45, 2.75) is 13.8 Å². The Hall–Kier alpha value is -5.06. The Morgan fingerprint density at radius 3 is 2.28 bits per heavy atom. The molecule has 11 heteroatoms. The van der Waals surface area contributed by atoms with Crippen LogP contribution >= 0.6 is 0 Å². The van der Waals surface area contributed by atoms with Gasteiger partial charge in [-0.1, -0.05) is 44.2 Å². The topological polar surface area (TPSA) is 122 Å². The molecule has 0 fully saturated rings. The highest BCUT2D eigenvalue weighted by Gasteiger charge is 2.21. The number of urea groups is 1. The first-order valence-electron chi connectivity index (χ1n) is 12.2. The number of non-ortho nitro benzene ring substituents is 1. The summed E-state index contributed by atoms with van der Waals surface area (Å²) in [6.07, 6.45) is 0. The summed E-state index contributed by atoms with van der Waals surface area (Å²) in [5.74, 6) is -0.443. The molecule has 2 N–H and O–H groups in total. The molecule has 0 saturated heterocycles. The second-order valence-corrected chi connectivity index (χ2v) is 9.23. The van der Waals surface area contributed by atoms with Crippen molar-refractivity contribution in [1.29, 1.82) is 0 Å². The Balaban J connectivity index is 1.54. The van der Waals surface area contributed by atoms with Crippen LogP contribution < -0.4 is 10.6 Å². The van der Waals surface area contributed by atoms with E-state index in [1.165, 1.54) is 46.0 Å². The molecule has 1 aromatic heterocycles. The number of hydrogen-bond donors (Lipinski definition) is 2. The summed E-state index contributed by atoms with van der Waals surface area (Å²) >= 11 is 0. The summed E-state index contributed by atoms with van der Waals surface area (Å²) < 4.78 is 15.0. The van der Waals surface area contributed by atoms with E-state index in [1.54, 1.807) is 18.2 Å². The van der Waals surface area contributed by atoms with Crippen LogP contribution in [0.3, 0.4) is 0 Å². The van der Waals surface area contributed by atoms with Gasteiger partial charge in [0.05, 0.1) is 16.3 Å². The highest BCUT2D eigenvalue weighted by Crippen LogP contribution is 2.25. The number of nitrogens with zero attached hydrogens (tertiary/aromatic N) is 4. The SMILES string of the molecule is CC(C)CN(CC(=O)Nc1cc(-c2ccccc2)nn1-c1ccc(F)cc1)C(=O)Nc1ccc([N+](=O)[O-])cc1. The zero-order valence-corrected chi connectivity index (χ0v) is 21.4. The second kappa shape index (κ2) is 12.0. The van der Waals surface area contributed by atoms with Gasteiger partial charge in [-0.05, 0) is 42.3 Å². The van der Waals surface area contributed by atoms with Gasteiger partial charge in [-0.2, -0.15) is 5.10 Å². The van der Waals surface area contributed by atoms with Gasteiger partial charge in [0, 0.05) is 36.0 Å². The van der Waals surface area contributed by atoms with Crippen molar-refractivity contribution < 1.29 is 18.9 Å². The molecule has 0 aliphatic carbocycles. The lowest BCUT2D eigenvalue weighted by Gasteiger charge is -2.24. The normalized spacial score (nSPS) is 10.8. The van der Waals surface area contributed by atoms with Crippen molar-refractivity contribution in [2.75, 3.05) is 23.7 Å². The largest absolute Gasteiger partial charge is 0.322 e. The van der Waals surface area contributed by atoms with Crippen molar-refractivity contribution in [3.8, 4) is 16.9 Å². The number of carbonyl (C=O) groups is 2. The number of halogens is 1. The van der Waals surface area contributed by atoms with Crippen molar-refractivity contribution >= 4 is 29.1 Å². The molecular weight excluding hydrogens is 503 g/mol. The molecule has 4 rings (SSSR count). The number of nitro groups is 1. The summed E-state index contributed by atoms with van der Waals surface area (Å²) in [4.78, 5) is 37.9. The maximum atomic E-state index is 13.5. The number of anilines is 2. The number of rotatable bonds is 9.